The van der Waals surface area contributed by atoms with Crippen LogP contribution in [0.1, 0.15) is 25.7 Å². The van der Waals surface area contributed by atoms with Crippen LogP contribution in [0.25, 0.3) is 0 Å². The van der Waals surface area contributed by atoms with E-state index in [0.717, 1.165) is 19.1 Å². The third kappa shape index (κ3) is 7.58. The lowest BCUT2D eigenvalue weighted by atomic mass is 10.2. The number of nitrogens with one attached hydrogen (secondary N) is 1. The van der Waals surface area contributed by atoms with Crippen molar-refractivity contribution in [1.82, 2.24) is 9.62 Å². The maximum absolute atomic E-state index is 12.6. The lowest BCUT2D eigenvalue weighted by Gasteiger charge is -2.22. The minimum absolute atomic E-state index is 0.158. The first-order valence-electron chi connectivity index (χ1n) is 11.7. The number of carbonyl (C=O) groups excluding carboxylic acids is 1. The Balaban J connectivity index is 1.39. The van der Waals surface area contributed by atoms with Gasteiger partial charge in [-0.15, -0.1) is 0 Å². The van der Waals surface area contributed by atoms with Gasteiger partial charge in [0.05, 0.1) is 30.5 Å². The van der Waals surface area contributed by atoms with Crippen LogP contribution in [0.3, 0.4) is 0 Å². The topological polar surface area (TPSA) is 122 Å². The van der Waals surface area contributed by atoms with Crippen LogP contribution in [0.5, 0.6) is 11.5 Å². The molecule has 0 bridgehead atoms. The van der Waals surface area contributed by atoms with Crippen LogP contribution in [0, 0.1) is 0 Å². The van der Waals surface area contributed by atoms with E-state index in [2.05, 4.69) is 5.32 Å². The van der Waals surface area contributed by atoms with Crippen LogP contribution in [0.15, 0.2) is 53.4 Å². The zero-order chi connectivity index (χ0) is 26.2. The molecule has 1 N–H and O–H groups in total. The number of ether oxygens (including phenoxy) is 2. The first-order chi connectivity index (χ1) is 17.1. The van der Waals surface area contributed by atoms with Crippen molar-refractivity contribution in [3.8, 4) is 11.5 Å². The van der Waals surface area contributed by atoms with Crippen LogP contribution in [-0.4, -0.2) is 73.2 Å². The summed E-state index contributed by atoms with van der Waals surface area (Å²) in [5.41, 5.74) is 0.506. The van der Waals surface area contributed by atoms with Gasteiger partial charge in [0, 0.05) is 26.1 Å². The second kappa shape index (κ2) is 12.4. The Labute approximate surface area is 213 Å². The molecule has 12 heteroatoms. The molecule has 1 aliphatic heterocycles. The number of anilines is 1. The van der Waals surface area contributed by atoms with E-state index in [9.17, 15) is 21.6 Å². The number of benzene rings is 2. The summed E-state index contributed by atoms with van der Waals surface area (Å²) in [4.78, 5) is 12.4. The summed E-state index contributed by atoms with van der Waals surface area (Å²) in [7, 11) is -5.43. The van der Waals surface area contributed by atoms with Crippen LogP contribution in [0.4, 0.5) is 5.69 Å². The van der Waals surface area contributed by atoms with E-state index in [0.29, 0.717) is 36.7 Å². The van der Waals surface area contributed by atoms with Crippen molar-refractivity contribution in [2.24, 2.45) is 0 Å². The Bertz CT molecular complexity index is 1210. The van der Waals surface area contributed by atoms with E-state index in [1.165, 1.54) is 27.9 Å². The van der Waals surface area contributed by atoms with Gasteiger partial charge < -0.3 is 14.8 Å². The monoisotopic (exact) mass is 539 g/mol. The van der Waals surface area contributed by atoms with Crippen LogP contribution >= 0.6 is 0 Å². The highest BCUT2D eigenvalue weighted by Gasteiger charge is 2.27. The van der Waals surface area contributed by atoms with Crippen molar-refractivity contribution in [3.63, 3.8) is 0 Å². The molecule has 0 atom stereocenters. The maximum Gasteiger partial charge on any atom is 0.243 e. The first kappa shape index (κ1) is 27.8. The van der Waals surface area contributed by atoms with Crippen molar-refractivity contribution in [1.29, 1.82) is 0 Å². The van der Waals surface area contributed by atoms with Gasteiger partial charge in [0.25, 0.3) is 0 Å². The molecular formula is C24H33N3O7S2. The minimum atomic E-state index is -3.50. The molecule has 1 saturated heterocycles. The summed E-state index contributed by atoms with van der Waals surface area (Å²) >= 11 is 0. The Morgan fingerprint density at radius 2 is 1.58 bits per heavy atom. The molecule has 1 amide bonds. The van der Waals surface area contributed by atoms with Crippen molar-refractivity contribution < 1.29 is 31.1 Å². The van der Waals surface area contributed by atoms with Gasteiger partial charge in [0.1, 0.15) is 18.1 Å². The van der Waals surface area contributed by atoms with Crippen molar-refractivity contribution in [2.45, 2.75) is 30.6 Å². The Morgan fingerprint density at radius 1 is 0.972 bits per heavy atom. The van der Waals surface area contributed by atoms with Gasteiger partial charge in [-0.1, -0.05) is 0 Å². The molecule has 3 rings (SSSR count). The SMILES string of the molecule is COc1ccc(N(CCCC(=O)NCCOc2ccc(S(=O)(=O)N3CCCC3)cc2)S(C)(=O)=O)cc1. The zero-order valence-corrected chi connectivity index (χ0v) is 22.2. The van der Waals surface area contributed by atoms with Gasteiger partial charge in [-0.2, -0.15) is 4.31 Å². The predicted octanol–water partition coefficient (Wildman–Crippen LogP) is 2.22. The molecule has 1 fully saturated rings. The van der Waals surface area contributed by atoms with Gasteiger partial charge in [0.2, 0.25) is 26.0 Å². The lowest BCUT2D eigenvalue weighted by molar-refractivity contribution is -0.121. The summed E-state index contributed by atoms with van der Waals surface area (Å²) in [5.74, 6) is 0.915. The van der Waals surface area contributed by atoms with E-state index in [1.807, 2.05) is 0 Å². The summed E-state index contributed by atoms with van der Waals surface area (Å²) in [6.45, 7) is 1.75. The largest absolute Gasteiger partial charge is 0.497 e. The number of carbonyl (C=O) groups is 1. The van der Waals surface area contributed by atoms with Gasteiger partial charge in [-0.05, 0) is 67.8 Å². The van der Waals surface area contributed by atoms with E-state index >= 15 is 0 Å². The van der Waals surface area contributed by atoms with Crippen LogP contribution in [0.2, 0.25) is 0 Å². The van der Waals surface area contributed by atoms with Gasteiger partial charge >= 0.3 is 0 Å². The quantitative estimate of drug-likeness (QED) is 0.387. The lowest BCUT2D eigenvalue weighted by Crippen LogP contribution is -2.32. The molecule has 0 aromatic heterocycles. The molecule has 10 nitrogen and oxygen atoms in total. The normalized spacial score (nSPS) is 14.4. The summed E-state index contributed by atoms with van der Waals surface area (Å²) in [6, 6.07) is 12.9. The highest BCUT2D eigenvalue weighted by atomic mass is 32.2. The summed E-state index contributed by atoms with van der Waals surface area (Å²) in [6.07, 6.45) is 3.39. The number of rotatable bonds is 13. The minimum Gasteiger partial charge on any atom is -0.497 e. The highest BCUT2D eigenvalue weighted by Crippen LogP contribution is 2.23. The Morgan fingerprint density at radius 3 is 2.17 bits per heavy atom. The zero-order valence-electron chi connectivity index (χ0n) is 20.6. The smallest absolute Gasteiger partial charge is 0.243 e. The molecule has 1 heterocycles. The first-order valence-corrected chi connectivity index (χ1v) is 15.0. The molecule has 0 unspecified atom stereocenters. The van der Waals surface area contributed by atoms with Gasteiger partial charge in [-0.25, -0.2) is 16.8 Å². The molecule has 36 heavy (non-hydrogen) atoms. The molecule has 0 radical (unpaired) electrons. The molecule has 0 saturated carbocycles. The standard InChI is InChI=1S/C24H33N3O7S2/c1-33-21-9-7-20(8-10-21)27(35(2,29)30)18-5-6-24(28)25-15-19-34-22-11-13-23(14-12-22)36(31,32)26-16-3-4-17-26/h7-14H,3-6,15-19H2,1-2H3,(H,25,28). The molecule has 0 aliphatic carbocycles. The Hall–Kier alpha value is -2.83. The maximum atomic E-state index is 12.6. The third-order valence-electron chi connectivity index (χ3n) is 5.75. The van der Waals surface area contributed by atoms with E-state index < -0.39 is 20.0 Å². The van der Waals surface area contributed by atoms with Gasteiger partial charge in [-0.3, -0.25) is 9.10 Å². The number of amides is 1. The second-order valence-corrected chi connectivity index (χ2v) is 12.3. The fraction of sp³-hybridized carbons (Fsp3) is 0.458. The van der Waals surface area contributed by atoms with Gasteiger partial charge in [0.15, 0.2) is 0 Å². The molecular weight excluding hydrogens is 506 g/mol. The number of hydrogen-bond acceptors (Lipinski definition) is 7. The van der Waals surface area contributed by atoms with Crippen molar-refractivity contribution in [2.75, 3.05) is 50.5 Å². The van der Waals surface area contributed by atoms with Crippen LogP contribution in [-0.2, 0) is 24.8 Å². The molecule has 198 valence electrons. The van der Waals surface area contributed by atoms with Crippen LogP contribution < -0.4 is 19.1 Å². The number of hydrogen-bond donors (Lipinski definition) is 1. The third-order valence-corrected chi connectivity index (χ3v) is 8.85. The average molecular weight is 540 g/mol. The fourth-order valence-corrected chi connectivity index (χ4v) is 6.33. The van der Waals surface area contributed by atoms with E-state index in [1.54, 1.807) is 36.4 Å². The molecule has 2 aromatic rings. The molecule has 0 spiro atoms. The molecule has 2 aromatic carbocycles. The fourth-order valence-electron chi connectivity index (χ4n) is 3.85. The Kier molecular flexibility index (Phi) is 9.57. The van der Waals surface area contributed by atoms with E-state index in [4.69, 9.17) is 9.47 Å². The number of methoxy groups -OCH3 is 1. The van der Waals surface area contributed by atoms with Crippen molar-refractivity contribution >= 4 is 31.6 Å². The molecule has 1 aliphatic rings. The predicted molar refractivity (Wildman–Crippen MR) is 137 cm³/mol. The summed E-state index contributed by atoms with van der Waals surface area (Å²) in [5, 5.41) is 2.74. The average Bonchev–Trinajstić information content (AvgIpc) is 3.40. The summed E-state index contributed by atoms with van der Waals surface area (Å²) < 4.78 is 63.0. The second-order valence-electron chi connectivity index (χ2n) is 8.42. The van der Waals surface area contributed by atoms with Crippen molar-refractivity contribution in [3.05, 3.63) is 48.5 Å². The number of nitrogens with zero attached hydrogens (tertiary/aromatic N) is 2. The highest BCUT2D eigenvalue weighted by molar-refractivity contribution is 7.92. The van der Waals surface area contributed by atoms with E-state index in [-0.39, 0.29) is 36.9 Å². The number of sulfonamides is 2.